The van der Waals surface area contributed by atoms with Crippen LogP contribution in [0.25, 0.3) is 0 Å². The summed E-state index contributed by atoms with van der Waals surface area (Å²) in [4.78, 5) is 20.5. The second kappa shape index (κ2) is 5.66. The number of nitrogen functional groups attached to an aromatic ring is 1. The Bertz CT molecular complexity index is 597. The number of methoxy groups -OCH3 is 1. The number of rotatable bonds is 4. The number of aromatic nitrogens is 2. The van der Waals surface area contributed by atoms with E-state index in [1.165, 1.54) is 11.3 Å². The van der Waals surface area contributed by atoms with Gasteiger partial charge in [0, 0.05) is 18.8 Å². The molecule has 0 bridgehead atoms. The SMILES string of the molecule is COc1cc(CNC(=O)c2sc(N)nc2C)ccn1. The Hall–Kier alpha value is -2.15. The minimum absolute atomic E-state index is 0.178. The molecule has 19 heavy (non-hydrogen) atoms. The van der Waals surface area contributed by atoms with E-state index in [4.69, 9.17) is 10.5 Å². The van der Waals surface area contributed by atoms with E-state index < -0.39 is 0 Å². The van der Waals surface area contributed by atoms with Crippen LogP contribution in [0.3, 0.4) is 0 Å². The predicted octanol–water partition coefficient (Wildman–Crippen LogP) is 1.37. The Labute approximate surface area is 114 Å². The Morgan fingerprint density at radius 2 is 2.37 bits per heavy atom. The number of ether oxygens (including phenoxy) is 1. The van der Waals surface area contributed by atoms with Gasteiger partial charge in [0.15, 0.2) is 5.13 Å². The van der Waals surface area contributed by atoms with E-state index in [0.29, 0.717) is 28.1 Å². The van der Waals surface area contributed by atoms with Gasteiger partial charge < -0.3 is 15.8 Å². The Balaban J connectivity index is 2.02. The van der Waals surface area contributed by atoms with Crippen molar-refractivity contribution in [3.63, 3.8) is 0 Å². The minimum atomic E-state index is -0.178. The molecule has 7 heteroatoms. The first-order valence-electron chi connectivity index (χ1n) is 5.60. The number of anilines is 1. The normalized spacial score (nSPS) is 10.2. The molecule has 0 saturated carbocycles. The van der Waals surface area contributed by atoms with Crippen molar-refractivity contribution in [2.75, 3.05) is 12.8 Å². The number of hydrogen-bond donors (Lipinski definition) is 2. The summed E-state index contributed by atoms with van der Waals surface area (Å²) in [5.41, 5.74) is 7.12. The number of nitrogens with two attached hydrogens (primary N) is 1. The summed E-state index contributed by atoms with van der Waals surface area (Å²) in [5, 5.41) is 3.21. The molecule has 2 aromatic rings. The first-order chi connectivity index (χ1) is 9.10. The van der Waals surface area contributed by atoms with Crippen LogP contribution in [0.2, 0.25) is 0 Å². The highest BCUT2D eigenvalue weighted by molar-refractivity contribution is 7.17. The first kappa shape index (κ1) is 13.3. The molecular formula is C12H14N4O2S. The van der Waals surface area contributed by atoms with Crippen LogP contribution < -0.4 is 15.8 Å². The fraction of sp³-hybridized carbons (Fsp3) is 0.250. The average Bonchev–Trinajstić information content (AvgIpc) is 2.75. The van der Waals surface area contributed by atoms with Crippen molar-refractivity contribution in [3.05, 3.63) is 34.5 Å². The molecule has 2 aromatic heterocycles. The Morgan fingerprint density at radius 1 is 1.58 bits per heavy atom. The van der Waals surface area contributed by atoms with E-state index in [-0.39, 0.29) is 5.91 Å². The molecule has 0 saturated heterocycles. The number of pyridine rings is 1. The van der Waals surface area contributed by atoms with Gasteiger partial charge in [-0.15, -0.1) is 0 Å². The largest absolute Gasteiger partial charge is 0.481 e. The molecule has 0 fully saturated rings. The maximum Gasteiger partial charge on any atom is 0.263 e. The van der Waals surface area contributed by atoms with Crippen LogP contribution in [0.5, 0.6) is 5.88 Å². The number of carbonyl (C=O) groups is 1. The predicted molar refractivity (Wildman–Crippen MR) is 73.2 cm³/mol. The van der Waals surface area contributed by atoms with Crippen LogP contribution in [-0.2, 0) is 6.54 Å². The van der Waals surface area contributed by atoms with Crippen LogP contribution in [0.1, 0.15) is 20.9 Å². The summed E-state index contributed by atoms with van der Waals surface area (Å²) in [5.74, 6) is 0.340. The highest BCUT2D eigenvalue weighted by atomic mass is 32.1. The van der Waals surface area contributed by atoms with Crippen LogP contribution in [-0.4, -0.2) is 23.0 Å². The summed E-state index contributed by atoms with van der Waals surface area (Å²) >= 11 is 1.18. The zero-order valence-electron chi connectivity index (χ0n) is 10.6. The van der Waals surface area contributed by atoms with Crippen molar-refractivity contribution in [1.29, 1.82) is 0 Å². The van der Waals surface area contributed by atoms with E-state index in [1.807, 2.05) is 6.07 Å². The van der Waals surface area contributed by atoms with Gasteiger partial charge in [-0.2, -0.15) is 0 Å². The lowest BCUT2D eigenvalue weighted by Gasteiger charge is -2.05. The molecule has 0 unspecified atom stereocenters. The minimum Gasteiger partial charge on any atom is -0.481 e. The highest BCUT2D eigenvalue weighted by Gasteiger charge is 2.13. The molecule has 0 radical (unpaired) electrons. The number of hydrogen-bond acceptors (Lipinski definition) is 6. The third-order valence-electron chi connectivity index (χ3n) is 2.48. The lowest BCUT2D eigenvalue weighted by molar-refractivity contribution is 0.0954. The number of nitrogens with one attached hydrogen (secondary N) is 1. The van der Waals surface area contributed by atoms with Gasteiger partial charge in [-0.3, -0.25) is 4.79 Å². The topological polar surface area (TPSA) is 90.1 Å². The van der Waals surface area contributed by atoms with Gasteiger partial charge in [0.2, 0.25) is 5.88 Å². The van der Waals surface area contributed by atoms with Crippen molar-refractivity contribution in [2.45, 2.75) is 13.5 Å². The molecule has 0 aliphatic rings. The van der Waals surface area contributed by atoms with Crippen molar-refractivity contribution >= 4 is 22.4 Å². The second-order valence-corrected chi connectivity index (χ2v) is 4.89. The maximum absolute atomic E-state index is 12.0. The third-order valence-corrected chi connectivity index (χ3v) is 3.47. The van der Waals surface area contributed by atoms with Crippen LogP contribution in [0.4, 0.5) is 5.13 Å². The number of thiazole rings is 1. The van der Waals surface area contributed by atoms with Crippen molar-refractivity contribution in [3.8, 4) is 5.88 Å². The quantitative estimate of drug-likeness (QED) is 0.881. The fourth-order valence-corrected chi connectivity index (χ4v) is 2.31. The fourth-order valence-electron chi connectivity index (χ4n) is 1.56. The molecule has 0 aliphatic heterocycles. The van der Waals surface area contributed by atoms with Gasteiger partial charge in [-0.1, -0.05) is 11.3 Å². The molecule has 3 N–H and O–H groups in total. The molecule has 2 heterocycles. The third kappa shape index (κ3) is 3.19. The number of aryl methyl sites for hydroxylation is 1. The second-order valence-electron chi connectivity index (χ2n) is 3.86. The molecule has 2 rings (SSSR count). The van der Waals surface area contributed by atoms with Crippen molar-refractivity contribution in [1.82, 2.24) is 15.3 Å². The Morgan fingerprint density at radius 3 is 3.00 bits per heavy atom. The lowest BCUT2D eigenvalue weighted by Crippen LogP contribution is -2.22. The average molecular weight is 278 g/mol. The molecule has 0 aromatic carbocycles. The Kier molecular flexibility index (Phi) is 3.96. The zero-order valence-corrected chi connectivity index (χ0v) is 11.5. The van der Waals surface area contributed by atoms with E-state index >= 15 is 0 Å². The lowest BCUT2D eigenvalue weighted by atomic mass is 10.2. The first-order valence-corrected chi connectivity index (χ1v) is 6.42. The highest BCUT2D eigenvalue weighted by Crippen LogP contribution is 2.19. The van der Waals surface area contributed by atoms with E-state index in [0.717, 1.165) is 5.56 Å². The van der Waals surface area contributed by atoms with Crippen molar-refractivity contribution < 1.29 is 9.53 Å². The summed E-state index contributed by atoms with van der Waals surface area (Å²) in [6, 6.07) is 3.59. The molecule has 100 valence electrons. The van der Waals surface area contributed by atoms with Crippen LogP contribution in [0.15, 0.2) is 18.3 Å². The van der Waals surface area contributed by atoms with E-state index in [1.54, 1.807) is 26.3 Å². The molecule has 0 atom stereocenters. The monoisotopic (exact) mass is 278 g/mol. The van der Waals surface area contributed by atoms with Crippen LogP contribution >= 0.6 is 11.3 Å². The number of nitrogens with zero attached hydrogens (tertiary/aromatic N) is 2. The van der Waals surface area contributed by atoms with Crippen molar-refractivity contribution in [2.24, 2.45) is 0 Å². The number of amides is 1. The van der Waals surface area contributed by atoms with Crippen LogP contribution in [0, 0.1) is 6.92 Å². The number of carbonyl (C=O) groups excluding carboxylic acids is 1. The molecule has 1 amide bonds. The van der Waals surface area contributed by atoms with Gasteiger partial charge in [0.05, 0.1) is 12.8 Å². The summed E-state index contributed by atoms with van der Waals surface area (Å²) in [6.07, 6.45) is 1.64. The standard InChI is InChI=1S/C12H14N4O2S/c1-7-10(19-12(13)16-7)11(17)15-6-8-3-4-14-9(5-8)18-2/h3-5H,6H2,1-2H3,(H2,13,16)(H,15,17). The smallest absolute Gasteiger partial charge is 0.263 e. The van der Waals surface area contributed by atoms with Gasteiger partial charge in [0.1, 0.15) is 4.88 Å². The maximum atomic E-state index is 12.0. The van der Waals surface area contributed by atoms with Gasteiger partial charge in [-0.25, -0.2) is 9.97 Å². The summed E-state index contributed by atoms with van der Waals surface area (Å²) in [7, 11) is 1.55. The summed E-state index contributed by atoms with van der Waals surface area (Å²) in [6.45, 7) is 2.16. The van der Waals surface area contributed by atoms with Gasteiger partial charge in [0.25, 0.3) is 5.91 Å². The van der Waals surface area contributed by atoms with E-state index in [9.17, 15) is 4.79 Å². The molecule has 6 nitrogen and oxygen atoms in total. The zero-order chi connectivity index (χ0) is 13.8. The van der Waals surface area contributed by atoms with E-state index in [2.05, 4.69) is 15.3 Å². The molecule has 0 aliphatic carbocycles. The van der Waals surface area contributed by atoms with Gasteiger partial charge in [-0.05, 0) is 18.6 Å². The summed E-state index contributed by atoms with van der Waals surface area (Å²) < 4.78 is 5.02. The molecular weight excluding hydrogens is 264 g/mol. The van der Waals surface area contributed by atoms with Gasteiger partial charge >= 0.3 is 0 Å². The molecule has 0 spiro atoms.